The Morgan fingerprint density at radius 3 is 1.88 bits per heavy atom. The molecule has 1 amide bonds. The SMILES string of the molecule is O=C(CN1N=C(c2ccc([N+](=O)[O-])cc2)CC1c1ccc([N+](=O)[O-])cc1)N1c2ccccc2Sc2ccccc21. The second kappa shape index (κ2) is 10.3. The summed E-state index contributed by atoms with van der Waals surface area (Å²) in [5, 5.41) is 28.8. The molecule has 0 bridgehead atoms. The largest absolute Gasteiger partial charge is 0.279 e. The number of rotatable bonds is 6. The number of nitrogens with zero attached hydrogens (tertiary/aromatic N) is 5. The Kier molecular flexibility index (Phi) is 6.48. The molecule has 1 atom stereocenters. The van der Waals surface area contributed by atoms with Crippen LogP contribution in [0, 0.1) is 20.2 Å². The summed E-state index contributed by atoms with van der Waals surface area (Å²) < 4.78 is 0. The van der Waals surface area contributed by atoms with Crippen molar-refractivity contribution in [3.8, 4) is 0 Å². The van der Waals surface area contributed by atoms with E-state index in [1.807, 2.05) is 48.5 Å². The zero-order valence-corrected chi connectivity index (χ0v) is 21.7. The van der Waals surface area contributed by atoms with Crippen LogP contribution in [0.2, 0.25) is 0 Å². The van der Waals surface area contributed by atoms with Crippen LogP contribution in [0.15, 0.2) is 112 Å². The lowest BCUT2D eigenvalue weighted by molar-refractivity contribution is -0.385. The van der Waals surface area contributed by atoms with E-state index in [0.29, 0.717) is 17.7 Å². The maximum atomic E-state index is 14.0. The highest BCUT2D eigenvalue weighted by Gasteiger charge is 2.34. The van der Waals surface area contributed by atoms with Gasteiger partial charge in [-0.2, -0.15) is 5.10 Å². The van der Waals surface area contributed by atoms with Crippen molar-refractivity contribution in [2.45, 2.75) is 22.3 Å². The van der Waals surface area contributed by atoms with Gasteiger partial charge in [-0.3, -0.25) is 34.9 Å². The van der Waals surface area contributed by atoms with E-state index in [-0.39, 0.29) is 29.9 Å². The molecule has 6 rings (SSSR count). The summed E-state index contributed by atoms with van der Waals surface area (Å²) in [6.45, 7) is -0.0501. The Labute approximate surface area is 232 Å². The maximum absolute atomic E-state index is 14.0. The molecule has 0 radical (unpaired) electrons. The second-order valence-electron chi connectivity index (χ2n) is 9.28. The van der Waals surface area contributed by atoms with Gasteiger partial charge in [0.15, 0.2) is 0 Å². The minimum absolute atomic E-state index is 0.0263. The van der Waals surface area contributed by atoms with Crippen molar-refractivity contribution < 1.29 is 14.6 Å². The molecular weight excluding hydrogens is 530 g/mol. The normalized spacial score (nSPS) is 15.7. The average Bonchev–Trinajstić information content (AvgIpc) is 3.39. The molecule has 0 aromatic heterocycles. The molecule has 0 saturated carbocycles. The summed E-state index contributed by atoms with van der Waals surface area (Å²) in [7, 11) is 0. The third kappa shape index (κ3) is 4.67. The van der Waals surface area contributed by atoms with Gasteiger partial charge in [-0.25, -0.2) is 0 Å². The summed E-state index contributed by atoms with van der Waals surface area (Å²) >= 11 is 1.61. The van der Waals surface area contributed by atoms with Gasteiger partial charge in [-0.1, -0.05) is 48.2 Å². The van der Waals surface area contributed by atoms with Crippen LogP contribution < -0.4 is 4.90 Å². The predicted octanol–water partition coefficient (Wildman–Crippen LogP) is 6.48. The van der Waals surface area contributed by atoms with Crippen molar-refractivity contribution in [1.82, 2.24) is 5.01 Å². The molecule has 4 aromatic carbocycles. The maximum Gasteiger partial charge on any atom is 0.269 e. The number of nitro benzene ring substituents is 2. The predicted molar refractivity (Wildman–Crippen MR) is 151 cm³/mol. The highest BCUT2D eigenvalue weighted by atomic mass is 32.2. The van der Waals surface area contributed by atoms with Gasteiger partial charge in [0.25, 0.3) is 17.3 Å². The first-order chi connectivity index (χ1) is 19.4. The minimum atomic E-state index is -0.461. The summed E-state index contributed by atoms with van der Waals surface area (Å²) in [5.41, 5.74) is 3.68. The molecule has 198 valence electrons. The summed E-state index contributed by atoms with van der Waals surface area (Å²) in [5.74, 6) is -0.180. The number of hydrogen-bond donors (Lipinski definition) is 0. The van der Waals surface area contributed by atoms with E-state index < -0.39 is 9.85 Å². The minimum Gasteiger partial charge on any atom is -0.279 e. The Morgan fingerprint density at radius 2 is 1.32 bits per heavy atom. The highest BCUT2D eigenvalue weighted by Crippen LogP contribution is 2.48. The molecule has 0 fully saturated rings. The van der Waals surface area contributed by atoms with Gasteiger partial charge >= 0.3 is 0 Å². The van der Waals surface area contributed by atoms with E-state index in [0.717, 1.165) is 26.7 Å². The van der Waals surface area contributed by atoms with Crippen LogP contribution in [0.3, 0.4) is 0 Å². The Hall–Kier alpha value is -5.03. The summed E-state index contributed by atoms with van der Waals surface area (Å²) in [6, 6.07) is 27.5. The third-order valence-electron chi connectivity index (χ3n) is 6.87. The standard InChI is InChI=1S/C29H21N5O5S/c35-29(32-24-5-1-3-7-27(24)40-28-8-4-2-6-25(28)32)18-31-26(20-11-15-22(16-12-20)34(38)39)17-23(30-31)19-9-13-21(14-10-19)33(36)37/h1-16,26H,17-18H2. The molecule has 10 nitrogen and oxygen atoms in total. The van der Waals surface area contributed by atoms with Gasteiger partial charge in [-0.05, 0) is 47.5 Å². The van der Waals surface area contributed by atoms with Gasteiger partial charge in [0.05, 0.1) is 33.0 Å². The van der Waals surface area contributed by atoms with E-state index in [1.54, 1.807) is 45.9 Å². The number of amides is 1. The monoisotopic (exact) mass is 551 g/mol. The Balaban J connectivity index is 1.35. The Bertz CT molecular complexity index is 1630. The van der Waals surface area contributed by atoms with Gasteiger partial charge < -0.3 is 0 Å². The van der Waals surface area contributed by atoms with Crippen LogP contribution in [-0.2, 0) is 4.79 Å². The fraction of sp³-hybridized carbons (Fsp3) is 0.103. The second-order valence-corrected chi connectivity index (χ2v) is 10.4. The molecule has 4 aromatic rings. The van der Waals surface area contributed by atoms with Gasteiger partial charge in [0.2, 0.25) is 0 Å². The lowest BCUT2D eigenvalue weighted by Gasteiger charge is -2.33. The quantitative estimate of drug-likeness (QED) is 0.198. The van der Waals surface area contributed by atoms with Crippen molar-refractivity contribution in [2.24, 2.45) is 5.10 Å². The lowest BCUT2D eigenvalue weighted by Crippen LogP contribution is -2.37. The van der Waals surface area contributed by atoms with E-state index in [9.17, 15) is 25.0 Å². The van der Waals surface area contributed by atoms with Crippen molar-refractivity contribution in [3.05, 3.63) is 128 Å². The zero-order chi connectivity index (χ0) is 27.8. The molecule has 2 aliphatic rings. The van der Waals surface area contributed by atoms with Crippen LogP contribution in [0.5, 0.6) is 0 Å². The zero-order valence-electron chi connectivity index (χ0n) is 20.9. The number of nitro groups is 2. The fourth-order valence-corrected chi connectivity index (χ4v) is 6.00. The Morgan fingerprint density at radius 1 is 0.800 bits per heavy atom. The molecular formula is C29H21N5O5S. The number of benzene rings is 4. The lowest BCUT2D eigenvalue weighted by atomic mass is 9.98. The number of carbonyl (C=O) groups is 1. The highest BCUT2D eigenvalue weighted by molar-refractivity contribution is 7.99. The average molecular weight is 552 g/mol. The number of hydrogen-bond acceptors (Lipinski definition) is 8. The van der Waals surface area contributed by atoms with E-state index >= 15 is 0 Å². The van der Waals surface area contributed by atoms with Crippen LogP contribution in [0.25, 0.3) is 0 Å². The summed E-state index contributed by atoms with van der Waals surface area (Å²) in [4.78, 5) is 39.1. The smallest absolute Gasteiger partial charge is 0.269 e. The first-order valence-corrected chi connectivity index (χ1v) is 13.2. The van der Waals surface area contributed by atoms with Gasteiger partial charge in [-0.15, -0.1) is 0 Å². The molecule has 0 N–H and O–H groups in total. The molecule has 2 aliphatic heterocycles. The summed E-state index contributed by atoms with van der Waals surface area (Å²) in [6.07, 6.45) is 0.423. The molecule has 0 aliphatic carbocycles. The van der Waals surface area contributed by atoms with Crippen LogP contribution >= 0.6 is 11.8 Å². The van der Waals surface area contributed by atoms with E-state index in [1.165, 1.54) is 24.3 Å². The number of anilines is 2. The van der Waals surface area contributed by atoms with Gasteiger partial charge in [0.1, 0.15) is 6.54 Å². The van der Waals surface area contributed by atoms with Crippen molar-refractivity contribution in [1.29, 1.82) is 0 Å². The number of hydrazone groups is 1. The molecule has 40 heavy (non-hydrogen) atoms. The van der Waals surface area contributed by atoms with Crippen LogP contribution in [0.1, 0.15) is 23.6 Å². The third-order valence-corrected chi connectivity index (χ3v) is 8.00. The van der Waals surface area contributed by atoms with E-state index in [4.69, 9.17) is 5.10 Å². The first-order valence-electron chi connectivity index (χ1n) is 12.4. The molecule has 0 saturated heterocycles. The molecule has 2 heterocycles. The molecule has 1 unspecified atom stereocenters. The van der Waals surface area contributed by atoms with Crippen LogP contribution in [0.4, 0.5) is 22.7 Å². The number of non-ortho nitro benzene ring substituents is 2. The fourth-order valence-electron chi connectivity index (χ4n) is 4.94. The number of para-hydroxylation sites is 2. The van der Waals surface area contributed by atoms with Crippen molar-refractivity contribution in [2.75, 3.05) is 11.4 Å². The van der Waals surface area contributed by atoms with Crippen molar-refractivity contribution >= 4 is 46.1 Å². The molecule has 11 heteroatoms. The molecule has 0 spiro atoms. The number of fused-ring (bicyclic) bond motifs is 2. The topological polar surface area (TPSA) is 122 Å². The first kappa shape index (κ1) is 25.3. The van der Waals surface area contributed by atoms with Gasteiger partial charge in [0, 0.05) is 40.5 Å². The van der Waals surface area contributed by atoms with Crippen molar-refractivity contribution in [3.63, 3.8) is 0 Å². The van der Waals surface area contributed by atoms with Crippen LogP contribution in [-0.4, -0.2) is 33.0 Å². The van der Waals surface area contributed by atoms with E-state index in [2.05, 4.69) is 0 Å². The number of carbonyl (C=O) groups excluding carboxylic acids is 1.